The van der Waals surface area contributed by atoms with Crippen molar-refractivity contribution in [2.75, 3.05) is 6.61 Å². The number of ether oxygens (including phenoxy) is 1. The zero-order valence-corrected chi connectivity index (χ0v) is 17.3. The number of esters is 1. The third-order valence-electron chi connectivity index (χ3n) is 3.62. The van der Waals surface area contributed by atoms with E-state index in [9.17, 15) is 10.1 Å². The van der Waals surface area contributed by atoms with Crippen molar-refractivity contribution in [2.24, 2.45) is 0 Å². The Bertz CT molecular complexity index is 1060. The van der Waals surface area contributed by atoms with Crippen LogP contribution in [0.25, 0.3) is 15.1 Å². The molecule has 0 aliphatic heterocycles. The molecule has 0 amide bonds. The minimum Gasteiger partial charge on any atom is -0.462 e. The van der Waals surface area contributed by atoms with E-state index in [1.54, 1.807) is 36.5 Å². The Balaban J connectivity index is 1.98. The second kappa shape index (κ2) is 9.56. The summed E-state index contributed by atoms with van der Waals surface area (Å²) in [4.78, 5) is 17.4. The first-order valence-corrected chi connectivity index (χ1v) is 10.4. The molecule has 0 radical (unpaired) electrons. The standard InChI is InChI=1S/C21H15ClN2O2S2/c1-2-26-20(25)15(13-23)9-12-18(14-7-10-16(22)11-8-14)27-21-24-17-5-3-4-6-19(17)28-21/h3-12H,2H2,1H3. The van der Waals surface area contributed by atoms with E-state index in [-0.39, 0.29) is 12.2 Å². The summed E-state index contributed by atoms with van der Waals surface area (Å²) < 4.78 is 6.88. The summed E-state index contributed by atoms with van der Waals surface area (Å²) in [6.07, 6.45) is 3.21. The van der Waals surface area contributed by atoms with Gasteiger partial charge in [-0.05, 0) is 48.9 Å². The molecule has 1 heterocycles. The summed E-state index contributed by atoms with van der Waals surface area (Å²) >= 11 is 9.06. The molecule has 0 spiro atoms. The van der Waals surface area contributed by atoms with Crippen molar-refractivity contribution in [1.29, 1.82) is 5.26 Å². The summed E-state index contributed by atoms with van der Waals surface area (Å²) in [5, 5.41) is 9.88. The van der Waals surface area contributed by atoms with Crippen LogP contribution in [0.15, 0.2) is 70.6 Å². The number of thiazole rings is 1. The van der Waals surface area contributed by atoms with Gasteiger partial charge in [0.05, 0.1) is 16.8 Å². The molecule has 0 fully saturated rings. The molecular weight excluding hydrogens is 412 g/mol. The quantitative estimate of drug-likeness (QED) is 0.157. The van der Waals surface area contributed by atoms with Gasteiger partial charge in [0.1, 0.15) is 11.6 Å². The first-order chi connectivity index (χ1) is 13.6. The first-order valence-electron chi connectivity index (χ1n) is 8.39. The lowest BCUT2D eigenvalue weighted by Crippen LogP contribution is -2.05. The molecule has 140 valence electrons. The number of halogens is 1. The van der Waals surface area contributed by atoms with Crippen molar-refractivity contribution in [1.82, 2.24) is 4.98 Å². The van der Waals surface area contributed by atoms with E-state index >= 15 is 0 Å². The van der Waals surface area contributed by atoms with Crippen LogP contribution in [-0.2, 0) is 9.53 Å². The number of nitrogens with zero attached hydrogens (tertiary/aromatic N) is 2. The van der Waals surface area contributed by atoms with Gasteiger partial charge in [-0.1, -0.05) is 47.6 Å². The fraction of sp³-hybridized carbons (Fsp3) is 0.0952. The topological polar surface area (TPSA) is 63.0 Å². The Morgan fingerprint density at radius 1 is 1.25 bits per heavy atom. The monoisotopic (exact) mass is 426 g/mol. The minimum absolute atomic E-state index is 0.0572. The number of hydrogen-bond donors (Lipinski definition) is 0. The molecule has 0 N–H and O–H groups in total. The lowest BCUT2D eigenvalue weighted by molar-refractivity contribution is -0.138. The van der Waals surface area contributed by atoms with Crippen LogP contribution >= 0.6 is 34.7 Å². The van der Waals surface area contributed by atoms with Gasteiger partial charge in [0.25, 0.3) is 0 Å². The first kappa shape index (κ1) is 20.2. The van der Waals surface area contributed by atoms with Gasteiger partial charge < -0.3 is 4.74 Å². The summed E-state index contributed by atoms with van der Waals surface area (Å²) in [6.45, 7) is 1.91. The number of carbonyl (C=O) groups excluding carboxylic acids is 1. The highest BCUT2D eigenvalue weighted by Gasteiger charge is 2.12. The van der Waals surface area contributed by atoms with Gasteiger partial charge in [0.15, 0.2) is 4.34 Å². The summed E-state index contributed by atoms with van der Waals surface area (Å²) in [6, 6.07) is 17.2. The number of benzene rings is 2. The van der Waals surface area contributed by atoms with Crippen molar-refractivity contribution in [3.05, 3.63) is 76.8 Å². The molecular formula is C21H15ClN2O2S2. The Labute approximate surface area is 176 Å². The molecule has 2 aromatic carbocycles. The van der Waals surface area contributed by atoms with Gasteiger partial charge in [0.2, 0.25) is 0 Å². The van der Waals surface area contributed by atoms with Crippen LogP contribution in [0.4, 0.5) is 0 Å². The third kappa shape index (κ3) is 5.02. The number of nitriles is 1. The second-order valence-corrected chi connectivity index (χ2v) is 8.26. The molecule has 1 aromatic heterocycles. The molecule has 0 unspecified atom stereocenters. The van der Waals surface area contributed by atoms with Crippen molar-refractivity contribution < 1.29 is 9.53 Å². The fourth-order valence-electron chi connectivity index (χ4n) is 2.31. The van der Waals surface area contributed by atoms with Crippen molar-refractivity contribution in [3.63, 3.8) is 0 Å². The molecule has 0 saturated heterocycles. The minimum atomic E-state index is -0.637. The molecule has 3 aromatic rings. The molecule has 4 nitrogen and oxygen atoms in total. The highest BCUT2D eigenvalue weighted by molar-refractivity contribution is 8.09. The van der Waals surface area contributed by atoms with Gasteiger partial charge in [-0.25, -0.2) is 9.78 Å². The SMILES string of the molecule is CCOC(=O)C(C#N)=CC=C(Sc1nc2ccccc2s1)c1ccc(Cl)cc1. The van der Waals surface area contributed by atoms with Crippen LogP contribution < -0.4 is 0 Å². The molecule has 3 rings (SSSR count). The number of carbonyl (C=O) groups is 1. The van der Waals surface area contributed by atoms with E-state index in [1.165, 1.54) is 17.8 Å². The number of fused-ring (bicyclic) bond motifs is 1. The van der Waals surface area contributed by atoms with E-state index in [1.807, 2.05) is 42.5 Å². The Morgan fingerprint density at radius 2 is 2.00 bits per heavy atom. The molecule has 0 aliphatic carbocycles. The lowest BCUT2D eigenvalue weighted by atomic mass is 10.2. The molecule has 0 atom stereocenters. The van der Waals surface area contributed by atoms with Gasteiger partial charge >= 0.3 is 5.97 Å². The highest BCUT2D eigenvalue weighted by Crippen LogP contribution is 2.38. The molecule has 0 bridgehead atoms. The summed E-state index contributed by atoms with van der Waals surface area (Å²) in [5.74, 6) is -0.637. The van der Waals surface area contributed by atoms with E-state index in [4.69, 9.17) is 16.3 Å². The fourth-order valence-corrected chi connectivity index (χ4v) is 4.56. The smallest absolute Gasteiger partial charge is 0.348 e. The molecule has 7 heteroatoms. The number of rotatable bonds is 6. The number of allylic oxidation sites excluding steroid dienone is 2. The van der Waals surface area contributed by atoms with E-state index in [0.29, 0.717) is 5.02 Å². The maximum atomic E-state index is 11.9. The summed E-state index contributed by atoms with van der Waals surface area (Å²) in [5.41, 5.74) is 1.79. The van der Waals surface area contributed by atoms with Crippen LogP contribution in [0.5, 0.6) is 0 Å². The van der Waals surface area contributed by atoms with E-state index < -0.39 is 5.97 Å². The zero-order chi connectivity index (χ0) is 19.9. The van der Waals surface area contributed by atoms with Crippen LogP contribution in [0, 0.1) is 11.3 Å². The number of thioether (sulfide) groups is 1. The maximum Gasteiger partial charge on any atom is 0.348 e. The molecule has 0 aliphatic rings. The number of para-hydroxylation sites is 1. The second-order valence-electron chi connectivity index (χ2n) is 5.50. The van der Waals surface area contributed by atoms with Crippen LogP contribution in [0.1, 0.15) is 12.5 Å². The molecule has 28 heavy (non-hydrogen) atoms. The largest absolute Gasteiger partial charge is 0.462 e. The number of hydrogen-bond acceptors (Lipinski definition) is 6. The van der Waals surface area contributed by atoms with Crippen LogP contribution in [-0.4, -0.2) is 17.6 Å². The summed E-state index contributed by atoms with van der Waals surface area (Å²) in [7, 11) is 0. The van der Waals surface area contributed by atoms with Gasteiger partial charge in [-0.15, -0.1) is 11.3 Å². The molecule has 0 saturated carbocycles. The van der Waals surface area contributed by atoms with Crippen molar-refractivity contribution in [3.8, 4) is 6.07 Å². The Morgan fingerprint density at radius 3 is 2.68 bits per heavy atom. The van der Waals surface area contributed by atoms with Crippen molar-refractivity contribution >= 4 is 55.8 Å². The average Bonchev–Trinajstić information content (AvgIpc) is 3.11. The number of aromatic nitrogens is 1. The highest BCUT2D eigenvalue weighted by atomic mass is 35.5. The zero-order valence-electron chi connectivity index (χ0n) is 14.9. The Kier molecular flexibility index (Phi) is 6.88. The van der Waals surface area contributed by atoms with E-state index in [0.717, 1.165) is 25.0 Å². The lowest BCUT2D eigenvalue weighted by Gasteiger charge is -2.05. The van der Waals surface area contributed by atoms with Crippen molar-refractivity contribution in [2.45, 2.75) is 11.3 Å². The normalized spacial score (nSPS) is 12.0. The Hall–Kier alpha value is -2.59. The van der Waals surface area contributed by atoms with Gasteiger partial charge in [0, 0.05) is 9.93 Å². The van der Waals surface area contributed by atoms with Gasteiger partial charge in [-0.2, -0.15) is 5.26 Å². The van der Waals surface area contributed by atoms with Gasteiger partial charge in [-0.3, -0.25) is 0 Å². The predicted octanol–water partition coefficient (Wildman–Crippen LogP) is 6.10. The van der Waals surface area contributed by atoms with Crippen LogP contribution in [0.3, 0.4) is 0 Å². The van der Waals surface area contributed by atoms with Crippen LogP contribution in [0.2, 0.25) is 5.02 Å². The maximum absolute atomic E-state index is 11.9. The third-order valence-corrected chi connectivity index (χ3v) is 6.06. The van der Waals surface area contributed by atoms with E-state index in [2.05, 4.69) is 4.98 Å². The average molecular weight is 427 g/mol. The predicted molar refractivity (Wildman–Crippen MR) is 115 cm³/mol.